The summed E-state index contributed by atoms with van der Waals surface area (Å²) < 4.78 is 11.5. The second kappa shape index (κ2) is 8.88. The Labute approximate surface area is 171 Å². The minimum Gasteiger partial charge on any atom is -0.454 e. The van der Waals surface area contributed by atoms with Crippen LogP contribution in [0.1, 0.15) is 29.8 Å². The van der Waals surface area contributed by atoms with Crippen LogP contribution in [0.15, 0.2) is 52.0 Å². The highest BCUT2D eigenvalue weighted by molar-refractivity contribution is 9.10. The van der Waals surface area contributed by atoms with E-state index in [0.29, 0.717) is 17.1 Å². The van der Waals surface area contributed by atoms with Gasteiger partial charge >= 0.3 is 0 Å². The molecule has 1 atom stereocenters. The van der Waals surface area contributed by atoms with Gasteiger partial charge in [0.15, 0.2) is 11.5 Å². The first-order valence-corrected chi connectivity index (χ1v) is 9.52. The topological polar surface area (TPSA) is 89.0 Å². The zero-order valence-corrected chi connectivity index (χ0v) is 17.0. The number of hydrazone groups is 1. The average molecular weight is 446 g/mol. The first-order chi connectivity index (χ1) is 13.4. The number of nitrogens with zero attached hydrogens (tertiary/aromatic N) is 1. The Morgan fingerprint density at radius 2 is 1.82 bits per heavy atom. The maximum Gasteiger partial charge on any atom is 0.262 e. The third-order valence-electron chi connectivity index (χ3n) is 4.13. The predicted molar refractivity (Wildman–Crippen MR) is 109 cm³/mol. The molecule has 2 aromatic carbocycles. The number of carbonyl (C=O) groups is 2. The van der Waals surface area contributed by atoms with Crippen molar-refractivity contribution in [1.29, 1.82) is 0 Å². The number of hydrogen-bond acceptors (Lipinski definition) is 5. The lowest BCUT2D eigenvalue weighted by atomic mass is 10.0. The van der Waals surface area contributed by atoms with Gasteiger partial charge in [0.2, 0.25) is 6.79 Å². The number of rotatable bonds is 6. The molecule has 28 heavy (non-hydrogen) atoms. The molecule has 1 heterocycles. The van der Waals surface area contributed by atoms with Gasteiger partial charge in [-0.15, -0.1) is 0 Å². The van der Waals surface area contributed by atoms with Crippen LogP contribution in [-0.2, 0) is 4.79 Å². The van der Waals surface area contributed by atoms with Crippen molar-refractivity contribution in [2.45, 2.75) is 19.9 Å². The molecule has 0 radical (unpaired) electrons. The summed E-state index contributed by atoms with van der Waals surface area (Å²) in [5, 5.41) is 6.73. The van der Waals surface area contributed by atoms with Crippen molar-refractivity contribution in [3.05, 3.63) is 58.1 Å². The Bertz CT molecular complexity index is 897. The lowest BCUT2D eigenvalue weighted by Gasteiger charge is -2.20. The molecule has 2 aromatic rings. The largest absolute Gasteiger partial charge is 0.454 e. The Hall–Kier alpha value is -2.87. The summed E-state index contributed by atoms with van der Waals surface area (Å²) in [6.07, 6.45) is 1.54. The van der Waals surface area contributed by atoms with E-state index in [2.05, 4.69) is 31.8 Å². The van der Waals surface area contributed by atoms with Gasteiger partial charge in [-0.1, -0.05) is 41.9 Å². The summed E-state index contributed by atoms with van der Waals surface area (Å²) in [4.78, 5) is 25.1. The highest BCUT2D eigenvalue weighted by Crippen LogP contribution is 2.32. The molecule has 8 heteroatoms. The van der Waals surface area contributed by atoms with Crippen LogP contribution in [0.2, 0.25) is 0 Å². The summed E-state index contributed by atoms with van der Waals surface area (Å²) in [6.45, 7) is 3.83. The van der Waals surface area contributed by atoms with E-state index < -0.39 is 11.9 Å². The standard InChI is InChI=1S/C20H20BrN3O4/c1-12(2)18(20(26)24-22-10-13-3-6-15(21)7-4-13)23-19(25)14-5-8-16-17(9-14)28-11-27-16/h3-10,12,18H,11H2,1-2H3,(H,23,25)(H,24,26)/b22-10-/t18-/m0/s1. The Morgan fingerprint density at radius 3 is 2.54 bits per heavy atom. The Balaban J connectivity index is 1.62. The summed E-state index contributed by atoms with van der Waals surface area (Å²) in [5.41, 5.74) is 3.72. The third kappa shape index (κ3) is 4.89. The van der Waals surface area contributed by atoms with Crippen LogP contribution in [-0.4, -0.2) is 30.9 Å². The predicted octanol–water partition coefficient (Wildman–Crippen LogP) is 3.08. The van der Waals surface area contributed by atoms with E-state index in [9.17, 15) is 9.59 Å². The second-order valence-electron chi connectivity index (χ2n) is 6.55. The van der Waals surface area contributed by atoms with E-state index in [4.69, 9.17) is 9.47 Å². The lowest BCUT2D eigenvalue weighted by molar-refractivity contribution is -0.123. The number of fused-ring (bicyclic) bond motifs is 1. The zero-order valence-electron chi connectivity index (χ0n) is 15.4. The van der Waals surface area contributed by atoms with Gasteiger partial charge in [0.05, 0.1) is 6.21 Å². The van der Waals surface area contributed by atoms with Gasteiger partial charge in [0.1, 0.15) is 6.04 Å². The first kappa shape index (κ1) is 19.9. The van der Waals surface area contributed by atoms with Gasteiger partial charge in [0.25, 0.3) is 11.8 Å². The van der Waals surface area contributed by atoms with Crippen LogP contribution in [0, 0.1) is 5.92 Å². The zero-order chi connectivity index (χ0) is 20.1. The molecule has 0 aliphatic carbocycles. The van der Waals surface area contributed by atoms with Crippen molar-refractivity contribution in [1.82, 2.24) is 10.7 Å². The molecule has 1 aliphatic rings. The number of carbonyl (C=O) groups excluding carboxylic acids is 2. The van der Waals surface area contributed by atoms with Crippen LogP contribution in [0.3, 0.4) is 0 Å². The monoisotopic (exact) mass is 445 g/mol. The first-order valence-electron chi connectivity index (χ1n) is 8.73. The third-order valence-corrected chi connectivity index (χ3v) is 4.66. The van der Waals surface area contributed by atoms with E-state index in [1.807, 2.05) is 38.1 Å². The van der Waals surface area contributed by atoms with E-state index >= 15 is 0 Å². The fourth-order valence-corrected chi connectivity index (χ4v) is 2.85. The lowest BCUT2D eigenvalue weighted by Crippen LogP contribution is -2.48. The molecule has 7 nitrogen and oxygen atoms in total. The Morgan fingerprint density at radius 1 is 1.11 bits per heavy atom. The number of benzene rings is 2. The van der Waals surface area contributed by atoms with Crippen molar-refractivity contribution >= 4 is 34.0 Å². The number of amides is 2. The smallest absolute Gasteiger partial charge is 0.262 e. The molecule has 0 aromatic heterocycles. The van der Waals surface area contributed by atoms with Gasteiger partial charge < -0.3 is 14.8 Å². The average Bonchev–Trinajstić information content (AvgIpc) is 3.14. The van der Waals surface area contributed by atoms with Crippen molar-refractivity contribution in [2.24, 2.45) is 11.0 Å². The quantitative estimate of drug-likeness (QED) is 0.528. The van der Waals surface area contributed by atoms with Gasteiger partial charge in [-0.2, -0.15) is 5.10 Å². The second-order valence-corrected chi connectivity index (χ2v) is 7.46. The van der Waals surface area contributed by atoms with E-state index in [-0.39, 0.29) is 18.6 Å². The molecule has 2 amide bonds. The normalized spacial score (nSPS) is 13.6. The minimum atomic E-state index is -0.736. The van der Waals surface area contributed by atoms with E-state index in [1.54, 1.807) is 24.4 Å². The molecular weight excluding hydrogens is 426 g/mol. The van der Waals surface area contributed by atoms with Crippen molar-refractivity contribution in [2.75, 3.05) is 6.79 Å². The highest BCUT2D eigenvalue weighted by atomic mass is 79.9. The molecule has 1 aliphatic heterocycles. The van der Waals surface area contributed by atoms with Crippen molar-refractivity contribution in [3.63, 3.8) is 0 Å². The maximum absolute atomic E-state index is 12.6. The highest BCUT2D eigenvalue weighted by Gasteiger charge is 2.25. The molecule has 146 valence electrons. The maximum atomic E-state index is 12.6. The van der Waals surface area contributed by atoms with Crippen LogP contribution >= 0.6 is 15.9 Å². The van der Waals surface area contributed by atoms with E-state index in [1.165, 1.54) is 0 Å². The van der Waals surface area contributed by atoms with Crippen LogP contribution in [0.5, 0.6) is 11.5 Å². The number of nitrogens with one attached hydrogen (secondary N) is 2. The number of halogens is 1. The van der Waals surface area contributed by atoms with Gasteiger partial charge in [-0.3, -0.25) is 9.59 Å². The molecule has 0 spiro atoms. The number of ether oxygens (including phenoxy) is 2. The van der Waals surface area contributed by atoms with Crippen molar-refractivity contribution < 1.29 is 19.1 Å². The van der Waals surface area contributed by atoms with Crippen molar-refractivity contribution in [3.8, 4) is 11.5 Å². The van der Waals surface area contributed by atoms with Crippen LogP contribution in [0.25, 0.3) is 0 Å². The fraction of sp³-hybridized carbons (Fsp3) is 0.250. The van der Waals surface area contributed by atoms with Gasteiger partial charge in [0, 0.05) is 10.0 Å². The van der Waals surface area contributed by atoms with Crippen LogP contribution in [0.4, 0.5) is 0 Å². The molecule has 2 N–H and O–H groups in total. The molecule has 0 bridgehead atoms. The van der Waals surface area contributed by atoms with Gasteiger partial charge in [-0.05, 0) is 41.8 Å². The minimum absolute atomic E-state index is 0.124. The summed E-state index contributed by atoms with van der Waals surface area (Å²) in [6, 6.07) is 11.6. The SMILES string of the molecule is CC(C)[C@H](NC(=O)c1ccc2c(c1)OCO2)C(=O)N/N=C\c1ccc(Br)cc1. The molecular formula is C20H20BrN3O4. The fourth-order valence-electron chi connectivity index (χ4n) is 2.59. The summed E-state index contributed by atoms with van der Waals surface area (Å²) in [5.74, 6) is 0.219. The van der Waals surface area contributed by atoms with E-state index in [0.717, 1.165) is 10.0 Å². The Kier molecular flexibility index (Phi) is 6.30. The van der Waals surface area contributed by atoms with Gasteiger partial charge in [-0.25, -0.2) is 5.43 Å². The molecule has 0 fully saturated rings. The summed E-state index contributed by atoms with van der Waals surface area (Å²) >= 11 is 3.36. The molecule has 0 saturated heterocycles. The molecule has 3 rings (SSSR count). The van der Waals surface area contributed by atoms with Crippen LogP contribution < -0.4 is 20.2 Å². The molecule has 0 saturated carbocycles. The molecule has 0 unspecified atom stereocenters. The number of hydrogen-bond donors (Lipinski definition) is 2. The summed E-state index contributed by atoms with van der Waals surface area (Å²) in [7, 11) is 0.